The Balaban J connectivity index is 1.87. The van der Waals surface area contributed by atoms with Crippen LogP contribution in [0.1, 0.15) is 10.6 Å². The Bertz CT molecular complexity index is 737. The Morgan fingerprint density at radius 2 is 2.29 bits per heavy atom. The van der Waals surface area contributed by atoms with Crippen molar-refractivity contribution < 1.29 is 13.9 Å². The number of furan rings is 1. The highest BCUT2D eigenvalue weighted by atomic mass is 16.5. The summed E-state index contributed by atoms with van der Waals surface area (Å²) in [4.78, 5) is 12.0. The number of amides is 1. The molecule has 1 N–H and O–H groups in total. The van der Waals surface area contributed by atoms with Crippen LogP contribution in [-0.4, -0.2) is 33.2 Å². The summed E-state index contributed by atoms with van der Waals surface area (Å²) in [6.45, 7) is 0. The number of methoxy groups -OCH3 is 1. The summed E-state index contributed by atoms with van der Waals surface area (Å²) in [5.74, 6) is 0.359. The normalized spacial score (nSPS) is 10.3. The zero-order valence-corrected chi connectivity index (χ0v) is 11.1. The van der Waals surface area contributed by atoms with Crippen LogP contribution in [0.15, 0.2) is 47.3 Å². The Hall–Kier alpha value is -3.16. The van der Waals surface area contributed by atoms with Gasteiger partial charge in [0.1, 0.15) is 12.1 Å². The smallest absolute Gasteiger partial charge is 0.291 e. The van der Waals surface area contributed by atoms with Crippen LogP contribution in [0.2, 0.25) is 0 Å². The fourth-order valence-corrected chi connectivity index (χ4v) is 1.80. The van der Waals surface area contributed by atoms with Gasteiger partial charge in [0.2, 0.25) is 0 Å². The molecule has 1 aromatic carbocycles. The average Bonchev–Trinajstić information content (AvgIpc) is 3.20. The number of nitrogens with one attached hydrogen (secondary N) is 1. The van der Waals surface area contributed by atoms with Crippen molar-refractivity contribution in [1.29, 1.82) is 0 Å². The molecule has 0 saturated carbocycles. The molecule has 0 bridgehead atoms. The SMILES string of the molecule is COc1cc(-n2cnnn2)ccc1NC(=O)c1ccco1. The number of hydrogen-bond donors (Lipinski definition) is 1. The van der Waals surface area contributed by atoms with Crippen LogP contribution in [0, 0.1) is 0 Å². The summed E-state index contributed by atoms with van der Waals surface area (Å²) in [5, 5.41) is 13.6. The molecule has 8 nitrogen and oxygen atoms in total. The molecule has 106 valence electrons. The van der Waals surface area contributed by atoms with E-state index in [0.717, 1.165) is 0 Å². The van der Waals surface area contributed by atoms with Gasteiger partial charge in [-0.15, -0.1) is 5.10 Å². The third-order valence-corrected chi connectivity index (χ3v) is 2.79. The molecule has 0 unspecified atom stereocenters. The molecule has 0 radical (unpaired) electrons. The molecule has 3 aromatic rings. The first-order valence-corrected chi connectivity index (χ1v) is 6.04. The number of benzene rings is 1. The number of ether oxygens (including phenoxy) is 1. The molecule has 0 saturated heterocycles. The third-order valence-electron chi connectivity index (χ3n) is 2.79. The van der Waals surface area contributed by atoms with Crippen molar-refractivity contribution in [3.05, 3.63) is 48.7 Å². The van der Waals surface area contributed by atoms with E-state index >= 15 is 0 Å². The maximum atomic E-state index is 12.0. The highest BCUT2D eigenvalue weighted by Gasteiger charge is 2.13. The highest BCUT2D eigenvalue weighted by Crippen LogP contribution is 2.27. The van der Waals surface area contributed by atoms with Crippen molar-refractivity contribution in [2.75, 3.05) is 12.4 Å². The Labute approximate surface area is 119 Å². The monoisotopic (exact) mass is 285 g/mol. The van der Waals surface area contributed by atoms with Crippen LogP contribution < -0.4 is 10.1 Å². The Morgan fingerprint density at radius 3 is 2.95 bits per heavy atom. The summed E-state index contributed by atoms with van der Waals surface area (Å²) in [6, 6.07) is 8.41. The maximum absolute atomic E-state index is 12.0. The van der Waals surface area contributed by atoms with Gasteiger partial charge in [-0.2, -0.15) is 0 Å². The Kier molecular flexibility index (Phi) is 3.34. The molecular formula is C13H11N5O3. The summed E-state index contributed by atoms with van der Waals surface area (Å²) in [7, 11) is 1.52. The third kappa shape index (κ3) is 2.59. The Morgan fingerprint density at radius 1 is 1.38 bits per heavy atom. The van der Waals surface area contributed by atoms with Crippen LogP contribution in [0.3, 0.4) is 0 Å². The molecule has 0 aliphatic rings. The quantitative estimate of drug-likeness (QED) is 0.780. The number of tetrazole rings is 1. The largest absolute Gasteiger partial charge is 0.494 e. The van der Waals surface area contributed by atoms with Gasteiger partial charge in [-0.3, -0.25) is 4.79 Å². The first kappa shape index (κ1) is 12.9. The van der Waals surface area contributed by atoms with E-state index in [0.29, 0.717) is 17.1 Å². The van der Waals surface area contributed by atoms with Crippen LogP contribution in [0.25, 0.3) is 5.69 Å². The summed E-state index contributed by atoms with van der Waals surface area (Å²) >= 11 is 0. The van der Waals surface area contributed by atoms with Crippen molar-refractivity contribution in [3.63, 3.8) is 0 Å². The molecule has 0 spiro atoms. The number of carbonyl (C=O) groups is 1. The van der Waals surface area contributed by atoms with Crippen LogP contribution in [0.5, 0.6) is 5.75 Å². The number of carbonyl (C=O) groups excluding carboxylic acids is 1. The van der Waals surface area contributed by atoms with Gasteiger partial charge in [0, 0.05) is 6.07 Å². The van der Waals surface area contributed by atoms with Crippen molar-refractivity contribution in [2.24, 2.45) is 0 Å². The van der Waals surface area contributed by atoms with Crippen molar-refractivity contribution in [1.82, 2.24) is 20.2 Å². The van der Waals surface area contributed by atoms with Gasteiger partial charge in [0.25, 0.3) is 5.91 Å². The van der Waals surface area contributed by atoms with Gasteiger partial charge in [0.15, 0.2) is 5.76 Å². The first-order valence-electron chi connectivity index (χ1n) is 6.04. The predicted octanol–water partition coefficient (Wildman–Crippen LogP) is 1.52. The fraction of sp³-hybridized carbons (Fsp3) is 0.0769. The van der Waals surface area contributed by atoms with E-state index in [1.807, 2.05) is 0 Å². The number of rotatable bonds is 4. The van der Waals surface area contributed by atoms with Gasteiger partial charge >= 0.3 is 0 Å². The fourth-order valence-electron chi connectivity index (χ4n) is 1.80. The lowest BCUT2D eigenvalue weighted by molar-refractivity contribution is 0.0996. The molecule has 8 heteroatoms. The molecule has 2 aromatic heterocycles. The van der Waals surface area contributed by atoms with E-state index in [2.05, 4.69) is 20.8 Å². The summed E-state index contributed by atoms with van der Waals surface area (Å²) in [5.41, 5.74) is 1.24. The predicted molar refractivity (Wildman–Crippen MR) is 72.4 cm³/mol. The zero-order valence-electron chi connectivity index (χ0n) is 11.1. The van der Waals surface area contributed by atoms with Gasteiger partial charge in [-0.1, -0.05) is 0 Å². The van der Waals surface area contributed by atoms with E-state index in [-0.39, 0.29) is 11.7 Å². The van der Waals surface area contributed by atoms with E-state index in [1.54, 1.807) is 30.3 Å². The zero-order chi connectivity index (χ0) is 14.7. The van der Waals surface area contributed by atoms with Gasteiger partial charge in [-0.25, -0.2) is 4.68 Å². The average molecular weight is 285 g/mol. The molecule has 1 amide bonds. The summed E-state index contributed by atoms with van der Waals surface area (Å²) in [6.07, 6.45) is 2.91. The minimum absolute atomic E-state index is 0.224. The first-order chi connectivity index (χ1) is 10.3. The van der Waals surface area contributed by atoms with Gasteiger partial charge < -0.3 is 14.5 Å². The van der Waals surface area contributed by atoms with Crippen molar-refractivity contribution in [3.8, 4) is 11.4 Å². The molecule has 2 heterocycles. The lowest BCUT2D eigenvalue weighted by atomic mass is 10.2. The molecule has 0 fully saturated rings. The molecule has 0 atom stereocenters. The lowest BCUT2D eigenvalue weighted by Crippen LogP contribution is -2.12. The van der Waals surface area contributed by atoms with Crippen molar-refractivity contribution in [2.45, 2.75) is 0 Å². The lowest BCUT2D eigenvalue weighted by Gasteiger charge is -2.10. The second kappa shape index (κ2) is 5.45. The van der Waals surface area contributed by atoms with Gasteiger partial charge in [-0.05, 0) is 34.7 Å². The van der Waals surface area contributed by atoms with Crippen LogP contribution in [-0.2, 0) is 0 Å². The second-order valence-corrected chi connectivity index (χ2v) is 4.07. The molecule has 21 heavy (non-hydrogen) atoms. The topological polar surface area (TPSA) is 95.1 Å². The van der Waals surface area contributed by atoms with Crippen molar-refractivity contribution >= 4 is 11.6 Å². The van der Waals surface area contributed by atoms with E-state index < -0.39 is 0 Å². The minimum Gasteiger partial charge on any atom is -0.494 e. The number of aromatic nitrogens is 4. The van der Waals surface area contributed by atoms with E-state index in [1.165, 1.54) is 24.4 Å². The minimum atomic E-state index is -0.353. The maximum Gasteiger partial charge on any atom is 0.291 e. The number of nitrogens with zero attached hydrogens (tertiary/aromatic N) is 4. The standard InChI is InChI=1S/C13H11N5O3/c1-20-12-7-9(18-8-14-16-17-18)4-5-10(12)15-13(19)11-3-2-6-21-11/h2-8H,1H3,(H,15,19). The van der Waals surface area contributed by atoms with E-state index in [9.17, 15) is 4.79 Å². The summed E-state index contributed by atoms with van der Waals surface area (Å²) < 4.78 is 11.8. The van der Waals surface area contributed by atoms with Crippen LogP contribution in [0.4, 0.5) is 5.69 Å². The molecule has 3 rings (SSSR count). The highest BCUT2D eigenvalue weighted by molar-refractivity contribution is 6.03. The van der Waals surface area contributed by atoms with Crippen LogP contribution >= 0.6 is 0 Å². The molecule has 0 aliphatic heterocycles. The molecular weight excluding hydrogens is 274 g/mol. The second-order valence-electron chi connectivity index (χ2n) is 4.07. The van der Waals surface area contributed by atoms with E-state index in [4.69, 9.17) is 9.15 Å². The molecule has 0 aliphatic carbocycles. The van der Waals surface area contributed by atoms with Gasteiger partial charge in [0.05, 0.1) is 24.7 Å². The number of anilines is 1. The number of hydrogen-bond acceptors (Lipinski definition) is 6.